The normalized spacial score (nSPS) is 12.1. The highest BCUT2D eigenvalue weighted by molar-refractivity contribution is 6.35. The molecule has 2 aromatic rings. The van der Waals surface area contributed by atoms with E-state index in [9.17, 15) is 4.79 Å². The minimum atomic E-state index is -0.285. The maximum atomic E-state index is 12.3. The van der Waals surface area contributed by atoms with E-state index in [1.165, 1.54) is 4.90 Å². The van der Waals surface area contributed by atoms with Crippen LogP contribution in [-0.2, 0) is 6.54 Å². The van der Waals surface area contributed by atoms with Gasteiger partial charge in [-0.2, -0.15) is 0 Å². The Morgan fingerprint density at radius 1 is 1.17 bits per heavy atom. The van der Waals surface area contributed by atoms with Crippen LogP contribution in [0.3, 0.4) is 0 Å². The summed E-state index contributed by atoms with van der Waals surface area (Å²) in [6, 6.07) is 10.2. The summed E-state index contributed by atoms with van der Waals surface area (Å²) in [6.07, 6.45) is 0. The van der Waals surface area contributed by atoms with Gasteiger partial charge in [-0.1, -0.05) is 29.3 Å². The second-order valence-corrected chi connectivity index (χ2v) is 5.94. The number of halogens is 2. The summed E-state index contributed by atoms with van der Waals surface area (Å²) in [5, 5.41) is 3.67. The minimum Gasteiger partial charge on any atom is -0.454 e. The van der Waals surface area contributed by atoms with Gasteiger partial charge in [0, 0.05) is 18.6 Å². The van der Waals surface area contributed by atoms with E-state index >= 15 is 0 Å². The Labute approximate surface area is 143 Å². The van der Waals surface area contributed by atoms with E-state index in [4.69, 9.17) is 32.7 Å². The molecule has 0 fully saturated rings. The summed E-state index contributed by atoms with van der Waals surface area (Å²) >= 11 is 12.0. The maximum absolute atomic E-state index is 12.3. The number of benzene rings is 2. The van der Waals surface area contributed by atoms with E-state index in [1.807, 2.05) is 18.2 Å². The van der Waals surface area contributed by atoms with E-state index in [-0.39, 0.29) is 12.8 Å². The van der Waals surface area contributed by atoms with E-state index in [1.54, 1.807) is 25.2 Å². The molecule has 7 heteroatoms. The molecule has 1 N–H and O–H groups in total. The standard InChI is InChI=1S/C16H14Cl2N2O3/c1-20(8-10-2-5-14-15(6-10)23-9-22-14)16(21)19-13-7-11(17)3-4-12(13)18/h2-7H,8-9H2,1H3,(H,19,21). The average molecular weight is 353 g/mol. The fourth-order valence-electron chi connectivity index (χ4n) is 2.19. The first-order chi connectivity index (χ1) is 11.0. The van der Waals surface area contributed by atoms with Crippen LogP contribution in [0.2, 0.25) is 10.0 Å². The van der Waals surface area contributed by atoms with Crippen molar-refractivity contribution in [1.82, 2.24) is 4.90 Å². The minimum absolute atomic E-state index is 0.225. The highest BCUT2D eigenvalue weighted by atomic mass is 35.5. The zero-order valence-corrected chi connectivity index (χ0v) is 13.8. The fraction of sp³-hybridized carbons (Fsp3) is 0.188. The average Bonchev–Trinajstić information content (AvgIpc) is 2.98. The number of ether oxygens (including phenoxy) is 2. The molecule has 0 bridgehead atoms. The highest BCUT2D eigenvalue weighted by Crippen LogP contribution is 2.32. The molecule has 0 aromatic heterocycles. The number of carbonyl (C=O) groups is 1. The maximum Gasteiger partial charge on any atom is 0.321 e. The summed E-state index contributed by atoms with van der Waals surface area (Å²) in [6.45, 7) is 0.642. The van der Waals surface area contributed by atoms with E-state index in [2.05, 4.69) is 5.32 Å². The quantitative estimate of drug-likeness (QED) is 0.891. The Kier molecular flexibility index (Phi) is 4.50. The molecule has 2 aromatic carbocycles. The molecule has 1 heterocycles. The number of carbonyl (C=O) groups excluding carboxylic acids is 1. The van der Waals surface area contributed by atoms with Gasteiger partial charge in [-0.25, -0.2) is 4.79 Å². The van der Waals surface area contributed by atoms with Gasteiger partial charge in [0.15, 0.2) is 11.5 Å². The third kappa shape index (κ3) is 3.63. The first kappa shape index (κ1) is 15.8. The molecular weight excluding hydrogens is 339 g/mol. The Morgan fingerprint density at radius 3 is 2.78 bits per heavy atom. The molecule has 0 saturated carbocycles. The molecule has 0 unspecified atom stereocenters. The predicted octanol–water partition coefficient (Wildman–Crippen LogP) is 4.39. The number of amides is 2. The van der Waals surface area contributed by atoms with Crippen LogP contribution in [0.4, 0.5) is 10.5 Å². The van der Waals surface area contributed by atoms with E-state index in [0.29, 0.717) is 33.8 Å². The topological polar surface area (TPSA) is 50.8 Å². The van der Waals surface area contributed by atoms with Gasteiger partial charge >= 0.3 is 6.03 Å². The number of nitrogens with one attached hydrogen (secondary N) is 1. The van der Waals surface area contributed by atoms with Gasteiger partial charge in [0.05, 0.1) is 10.7 Å². The van der Waals surface area contributed by atoms with Crippen LogP contribution in [0, 0.1) is 0 Å². The molecule has 23 heavy (non-hydrogen) atoms. The van der Waals surface area contributed by atoms with Crippen molar-refractivity contribution in [3.05, 3.63) is 52.0 Å². The van der Waals surface area contributed by atoms with Crippen molar-refractivity contribution >= 4 is 34.9 Å². The largest absolute Gasteiger partial charge is 0.454 e. The van der Waals surface area contributed by atoms with Crippen LogP contribution in [-0.4, -0.2) is 24.8 Å². The third-order valence-electron chi connectivity index (χ3n) is 3.37. The molecule has 0 aliphatic carbocycles. The number of urea groups is 1. The molecule has 2 amide bonds. The van der Waals surface area contributed by atoms with Crippen molar-refractivity contribution in [2.24, 2.45) is 0 Å². The number of fused-ring (bicyclic) bond motifs is 1. The molecule has 1 aliphatic heterocycles. The van der Waals surface area contributed by atoms with Crippen molar-refractivity contribution in [2.75, 3.05) is 19.2 Å². The van der Waals surface area contributed by atoms with Crippen molar-refractivity contribution in [2.45, 2.75) is 6.54 Å². The van der Waals surface area contributed by atoms with Crippen molar-refractivity contribution in [1.29, 1.82) is 0 Å². The zero-order chi connectivity index (χ0) is 16.4. The predicted molar refractivity (Wildman–Crippen MR) is 89.5 cm³/mol. The lowest BCUT2D eigenvalue weighted by Crippen LogP contribution is -2.30. The van der Waals surface area contributed by atoms with Crippen molar-refractivity contribution in [3.63, 3.8) is 0 Å². The Morgan fingerprint density at radius 2 is 1.96 bits per heavy atom. The summed E-state index contributed by atoms with van der Waals surface area (Å²) < 4.78 is 10.6. The summed E-state index contributed by atoms with van der Waals surface area (Å²) in [4.78, 5) is 13.8. The lowest BCUT2D eigenvalue weighted by molar-refractivity contribution is 0.174. The van der Waals surface area contributed by atoms with Gasteiger partial charge < -0.3 is 19.7 Å². The van der Waals surface area contributed by atoms with Gasteiger partial charge in [0.1, 0.15) is 0 Å². The van der Waals surface area contributed by atoms with Gasteiger partial charge in [-0.15, -0.1) is 0 Å². The number of anilines is 1. The number of hydrogen-bond acceptors (Lipinski definition) is 3. The number of hydrogen-bond donors (Lipinski definition) is 1. The van der Waals surface area contributed by atoms with Crippen LogP contribution in [0.5, 0.6) is 11.5 Å². The van der Waals surface area contributed by atoms with Crippen LogP contribution < -0.4 is 14.8 Å². The first-order valence-electron chi connectivity index (χ1n) is 6.88. The summed E-state index contributed by atoms with van der Waals surface area (Å²) in [5.74, 6) is 1.40. The number of nitrogens with zero attached hydrogens (tertiary/aromatic N) is 1. The fourth-order valence-corrected chi connectivity index (χ4v) is 2.53. The molecule has 5 nitrogen and oxygen atoms in total. The van der Waals surface area contributed by atoms with E-state index < -0.39 is 0 Å². The van der Waals surface area contributed by atoms with Crippen LogP contribution in [0.15, 0.2) is 36.4 Å². The van der Waals surface area contributed by atoms with Gasteiger partial charge in [0.25, 0.3) is 0 Å². The van der Waals surface area contributed by atoms with Crippen LogP contribution >= 0.6 is 23.2 Å². The van der Waals surface area contributed by atoms with Gasteiger partial charge in [-0.3, -0.25) is 0 Å². The van der Waals surface area contributed by atoms with Gasteiger partial charge in [-0.05, 0) is 35.9 Å². The molecule has 3 rings (SSSR count). The summed E-state index contributed by atoms with van der Waals surface area (Å²) in [5.41, 5.74) is 1.41. The smallest absolute Gasteiger partial charge is 0.321 e. The molecule has 1 aliphatic rings. The molecule has 0 saturated heterocycles. The van der Waals surface area contributed by atoms with Crippen LogP contribution in [0.1, 0.15) is 5.56 Å². The molecule has 0 atom stereocenters. The van der Waals surface area contributed by atoms with Crippen molar-refractivity contribution < 1.29 is 14.3 Å². The molecule has 0 spiro atoms. The molecule has 120 valence electrons. The third-order valence-corrected chi connectivity index (χ3v) is 3.94. The molecular formula is C16H14Cl2N2O3. The van der Waals surface area contributed by atoms with Crippen molar-refractivity contribution in [3.8, 4) is 11.5 Å². The monoisotopic (exact) mass is 352 g/mol. The molecule has 0 radical (unpaired) electrons. The lowest BCUT2D eigenvalue weighted by Gasteiger charge is -2.19. The van der Waals surface area contributed by atoms with E-state index in [0.717, 1.165) is 5.56 Å². The second-order valence-electron chi connectivity index (χ2n) is 5.10. The summed E-state index contributed by atoms with van der Waals surface area (Å²) in [7, 11) is 1.69. The lowest BCUT2D eigenvalue weighted by atomic mass is 10.2. The van der Waals surface area contributed by atoms with Crippen LogP contribution in [0.25, 0.3) is 0 Å². The Balaban J connectivity index is 1.67. The zero-order valence-electron chi connectivity index (χ0n) is 12.3. The number of rotatable bonds is 3. The Hall–Kier alpha value is -2.11. The second kappa shape index (κ2) is 6.56. The Bertz CT molecular complexity index is 752. The highest BCUT2D eigenvalue weighted by Gasteiger charge is 2.16. The van der Waals surface area contributed by atoms with Gasteiger partial charge in [0.2, 0.25) is 6.79 Å². The first-order valence-corrected chi connectivity index (χ1v) is 7.64. The SMILES string of the molecule is CN(Cc1ccc2c(c1)OCO2)C(=O)Nc1cc(Cl)ccc1Cl.